The van der Waals surface area contributed by atoms with Crippen LogP contribution in [0.5, 0.6) is 0 Å². The average molecular weight is 211 g/mol. The molecule has 3 heteroatoms. The Morgan fingerprint density at radius 3 is 3.07 bits per heavy atom. The smallest absolute Gasteiger partial charge is 0.0820 e. The highest BCUT2D eigenvalue weighted by Crippen LogP contribution is 2.24. The van der Waals surface area contributed by atoms with Gasteiger partial charge in [-0.25, -0.2) is 0 Å². The molecule has 78 valence electrons. The molecule has 14 heavy (non-hydrogen) atoms. The van der Waals surface area contributed by atoms with E-state index in [-0.39, 0.29) is 0 Å². The number of β-amino-alcohol motifs (C(OH)–C–C–N with tert-alkyl or cyclic N) is 1. The van der Waals surface area contributed by atoms with Gasteiger partial charge in [-0.3, -0.25) is 0 Å². The first-order valence-corrected chi connectivity index (χ1v) is 6.03. The predicted molar refractivity (Wildman–Crippen MR) is 59.8 cm³/mol. The van der Waals surface area contributed by atoms with Crippen LogP contribution in [0.4, 0.5) is 0 Å². The van der Waals surface area contributed by atoms with Gasteiger partial charge in [0.25, 0.3) is 0 Å². The molecule has 0 amide bonds. The first-order chi connectivity index (χ1) is 6.68. The van der Waals surface area contributed by atoms with Gasteiger partial charge in [0.05, 0.1) is 5.60 Å². The van der Waals surface area contributed by atoms with Crippen LogP contribution >= 0.6 is 11.3 Å². The molecule has 1 aromatic heterocycles. The van der Waals surface area contributed by atoms with Gasteiger partial charge >= 0.3 is 0 Å². The van der Waals surface area contributed by atoms with Crippen molar-refractivity contribution in [2.24, 2.45) is 0 Å². The quantitative estimate of drug-likeness (QED) is 0.780. The van der Waals surface area contributed by atoms with E-state index in [9.17, 15) is 5.11 Å². The van der Waals surface area contributed by atoms with Crippen molar-refractivity contribution in [1.82, 2.24) is 5.32 Å². The van der Waals surface area contributed by atoms with Gasteiger partial charge in [-0.2, -0.15) is 0 Å². The lowest BCUT2D eigenvalue weighted by Gasteiger charge is -2.32. The summed E-state index contributed by atoms with van der Waals surface area (Å²) < 4.78 is 0. The second kappa shape index (κ2) is 4.01. The standard InChI is InChI=1S/C11H17NOS/c1-9-5-10(14-7-9)6-11(13)3-2-4-12-8-11/h5,7,12-13H,2-4,6,8H2,1H3. The summed E-state index contributed by atoms with van der Waals surface area (Å²) in [6, 6.07) is 2.18. The van der Waals surface area contributed by atoms with Crippen molar-refractivity contribution in [3.05, 3.63) is 21.9 Å². The number of rotatable bonds is 2. The van der Waals surface area contributed by atoms with Crippen LogP contribution in [0.3, 0.4) is 0 Å². The molecule has 1 aliphatic heterocycles. The molecule has 0 saturated carbocycles. The van der Waals surface area contributed by atoms with Gasteiger partial charge in [0.1, 0.15) is 0 Å². The molecule has 1 atom stereocenters. The van der Waals surface area contributed by atoms with Gasteiger partial charge in [-0.15, -0.1) is 11.3 Å². The molecule has 0 spiro atoms. The molecule has 1 fully saturated rings. The van der Waals surface area contributed by atoms with Crippen LogP contribution in [0, 0.1) is 6.92 Å². The maximum atomic E-state index is 10.3. The highest BCUT2D eigenvalue weighted by molar-refractivity contribution is 7.10. The fourth-order valence-corrected chi connectivity index (χ4v) is 3.02. The third kappa shape index (κ3) is 2.35. The van der Waals surface area contributed by atoms with Crippen molar-refractivity contribution in [1.29, 1.82) is 0 Å². The van der Waals surface area contributed by atoms with E-state index < -0.39 is 5.60 Å². The number of piperidine rings is 1. The van der Waals surface area contributed by atoms with Crippen LogP contribution in [-0.4, -0.2) is 23.8 Å². The molecule has 2 nitrogen and oxygen atoms in total. The lowest BCUT2D eigenvalue weighted by Crippen LogP contribution is -2.46. The third-order valence-corrected chi connectivity index (χ3v) is 3.79. The Morgan fingerprint density at radius 2 is 2.50 bits per heavy atom. The van der Waals surface area contributed by atoms with Gasteiger partial charge in [0.15, 0.2) is 0 Å². The number of hydrogen-bond acceptors (Lipinski definition) is 3. The number of thiophene rings is 1. The molecule has 0 aromatic carbocycles. The van der Waals surface area contributed by atoms with Crippen molar-refractivity contribution < 1.29 is 5.11 Å². The second-order valence-electron chi connectivity index (χ2n) is 4.27. The zero-order valence-corrected chi connectivity index (χ0v) is 9.36. The third-order valence-electron chi connectivity index (χ3n) is 2.74. The number of hydrogen-bond donors (Lipinski definition) is 2. The largest absolute Gasteiger partial charge is 0.388 e. The monoisotopic (exact) mass is 211 g/mol. The minimum absolute atomic E-state index is 0.504. The van der Waals surface area contributed by atoms with E-state index in [1.165, 1.54) is 10.4 Å². The number of aryl methyl sites for hydroxylation is 1. The topological polar surface area (TPSA) is 32.3 Å². The van der Waals surface area contributed by atoms with Gasteiger partial charge in [0.2, 0.25) is 0 Å². The Hall–Kier alpha value is -0.380. The summed E-state index contributed by atoms with van der Waals surface area (Å²) in [7, 11) is 0. The Kier molecular flexibility index (Phi) is 2.91. The average Bonchev–Trinajstić information content (AvgIpc) is 2.51. The highest BCUT2D eigenvalue weighted by Gasteiger charge is 2.29. The van der Waals surface area contributed by atoms with Crippen LogP contribution in [0.25, 0.3) is 0 Å². The molecule has 1 aromatic rings. The van der Waals surface area contributed by atoms with Crippen molar-refractivity contribution in [3.8, 4) is 0 Å². The van der Waals surface area contributed by atoms with Crippen LogP contribution in [0.2, 0.25) is 0 Å². The van der Waals surface area contributed by atoms with Crippen LogP contribution in [0.1, 0.15) is 23.3 Å². The highest BCUT2D eigenvalue weighted by atomic mass is 32.1. The zero-order valence-electron chi connectivity index (χ0n) is 8.55. The van der Waals surface area contributed by atoms with Crippen molar-refractivity contribution in [3.63, 3.8) is 0 Å². The molecule has 0 radical (unpaired) electrons. The molecular weight excluding hydrogens is 194 g/mol. The molecule has 1 aliphatic rings. The van der Waals surface area contributed by atoms with Crippen molar-refractivity contribution in [2.75, 3.05) is 13.1 Å². The fourth-order valence-electron chi connectivity index (χ4n) is 2.01. The molecular formula is C11H17NOS. The minimum atomic E-state index is -0.504. The normalized spacial score (nSPS) is 27.9. The maximum absolute atomic E-state index is 10.3. The summed E-state index contributed by atoms with van der Waals surface area (Å²) in [6.07, 6.45) is 2.82. The van der Waals surface area contributed by atoms with Gasteiger partial charge in [-0.1, -0.05) is 0 Å². The zero-order chi connectivity index (χ0) is 10.0. The summed E-state index contributed by atoms with van der Waals surface area (Å²) in [5.74, 6) is 0. The van der Waals surface area contributed by atoms with Gasteiger partial charge < -0.3 is 10.4 Å². The first kappa shape index (κ1) is 10.1. The van der Waals surface area contributed by atoms with Crippen molar-refractivity contribution >= 4 is 11.3 Å². The summed E-state index contributed by atoms with van der Waals surface area (Å²) in [6.45, 7) is 3.89. The van der Waals surface area contributed by atoms with E-state index in [4.69, 9.17) is 0 Å². The van der Waals surface area contributed by atoms with E-state index in [1.807, 2.05) is 0 Å². The molecule has 1 unspecified atom stereocenters. The maximum Gasteiger partial charge on any atom is 0.0820 e. The summed E-state index contributed by atoms with van der Waals surface area (Å²) in [5.41, 5.74) is 0.799. The van der Waals surface area contributed by atoms with Crippen LogP contribution in [0.15, 0.2) is 11.4 Å². The number of nitrogens with one attached hydrogen (secondary N) is 1. The Bertz CT molecular complexity index is 302. The van der Waals surface area contributed by atoms with Crippen molar-refractivity contribution in [2.45, 2.75) is 31.8 Å². The Balaban J connectivity index is 2.01. The van der Waals surface area contributed by atoms with E-state index in [0.29, 0.717) is 0 Å². The van der Waals surface area contributed by atoms with Gasteiger partial charge in [-0.05, 0) is 43.3 Å². The minimum Gasteiger partial charge on any atom is -0.388 e. The Labute approximate surface area is 89.0 Å². The molecule has 2 rings (SSSR count). The summed E-state index contributed by atoms with van der Waals surface area (Å²) in [5, 5.41) is 15.7. The van der Waals surface area contributed by atoms with E-state index in [2.05, 4.69) is 23.7 Å². The molecule has 0 aliphatic carbocycles. The second-order valence-corrected chi connectivity index (χ2v) is 5.27. The summed E-state index contributed by atoms with van der Waals surface area (Å²) in [4.78, 5) is 1.30. The molecule has 2 N–H and O–H groups in total. The lowest BCUT2D eigenvalue weighted by molar-refractivity contribution is 0.0176. The fraction of sp³-hybridized carbons (Fsp3) is 0.636. The van der Waals surface area contributed by atoms with Crippen LogP contribution in [-0.2, 0) is 6.42 Å². The van der Waals surface area contributed by atoms with E-state index in [1.54, 1.807) is 11.3 Å². The SMILES string of the molecule is Cc1csc(CC2(O)CCCNC2)c1. The van der Waals surface area contributed by atoms with E-state index in [0.717, 1.165) is 32.4 Å². The lowest BCUT2D eigenvalue weighted by atomic mass is 9.90. The molecule has 2 heterocycles. The van der Waals surface area contributed by atoms with Crippen LogP contribution < -0.4 is 5.32 Å². The predicted octanol–water partition coefficient (Wildman–Crippen LogP) is 1.71. The Morgan fingerprint density at radius 1 is 1.64 bits per heavy atom. The number of aliphatic hydroxyl groups is 1. The summed E-state index contributed by atoms with van der Waals surface area (Å²) >= 11 is 1.75. The molecule has 0 bridgehead atoms. The van der Waals surface area contributed by atoms with E-state index >= 15 is 0 Å². The van der Waals surface area contributed by atoms with Gasteiger partial charge in [0, 0.05) is 17.8 Å². The first-order valence-electron chi connectivity index (χ1n) is 5.15. The molecule has 1 saturated heterocycles.